The molecule has 0 spiro atoms. The summed E-state index contributed by atoms with van der Waals surface area (Å²) < 4.78 is 6.39. The Bertz CT molecular complexity index is 550. The molecule has 4 N–H and O–H groups in total. The third-order valence-corrected chi connectivity index (χ3v) is 4.66. The van der Waals surface area contributed by atoms with Gasteiger partial charge in [-0.25, -0.2) is 0 Å². The molecule has 0 bridgehead atoms. The summed E-state index contributed by atoms with van der Waals surface area (Å²) in [6.07, 6.45) is -0.829. The van der Waals surface area contributed by atoms with Gasteiger partial charge in [-0.3, -0.25) is 15.3 Å². The minimum atomic E-state index is -0.748. The van der Waals surface area contributed by atoms with Crippen molar-refractivity contribution in [2.45, 2.75) is 46.3 Å². The van der Waals surface area contributed by atoms with Gasteiger partial charge in [0.25, 0.3) is 0 Å². The quantitative estimate of drug-likeness (QED) is 0.519. The second-order valence-electron chi connectivity index (χ2n) is 6.74. The highest BCUT2D eigenvalue weighted by molar-refractivity contribution is 9.10. The number of carbonyl (C=O) groups excluding carboxylic acids is 2. The lowest BCUT2D eigenvalue weighted by atomic mass is 9.84. The second-order valence-corrected chi connectivity index (χ2v) is 7.66. The number of primary amides is 1. The molecule has 2 atom stereocenters. The highest BCUT2D eigenvalue weighted by Crippen LogP contribution is 2.27. The summed E-state index contributed by atoms with van der Waals surface area (Å²) in [6.45, 7) is 8.20. The average Bonchev–Trinajstić information content (AvgIpc) is 2.44. The number of carbonyl (C=O) groups is 2. The van der Waals surface area contributed by atoms with E-state index in [2.05, 4.69) is 15.9 Å². The van der Waals surface area contributed by atoms with Crippen molar-refractivity contribution >= 4 is 27.8 Å². The molecule has 0 fully saturated rings. The van der Waals surface area contributed by atoms with Crippen molar-refractivity contribution in [3.05, 3.63) is 34.3 Å². The maximum Gasteiger partial charge on any atom is 0.315 e. The van der Waals surface area contributed by atoms with Crippen LogP contribution in [0, 0.1) is 17.8 Å². The zero-order valence-electron chi connectivity index (χ0n) is 14.7. The molecule has 1 amide bonds. The van der Waals surface area contributed by atoms with Crippen molar-refractivity contribution in [3.63, 3.8) is 0 Å². The number of ether oxygens (including phenoxy) is 1. The minimum absolute atomic E-state index is 0.0353. The number of nitrogens with two attached hydrogens (primary N) is 2. The zero-order chi connectivity index (χ0) is 18.4. The van der Waals surface area contributed by atoms with E-state index in [0.29, 0.717) is 5.56 Å². The minimum Gasteiger partial charge on any atom is -0.446 e. The summed E-state index contributed by atoms with van der Waals surface area (Å²) in [4.78, 5) is 24.0. The molecule has 6 heteroatoms. The van der Waals surface area contributed by atoms with Crippen LogP contribution in [0.1, 0.15) is 45.6 Å². The molecule has 1 aromatic carbocycles. The number of halogens is 1. The molecular formula is C18H27BrN2O3. The van der Waals surface area contributed by atoms with Crippen LogP contribution in [0.25, 0.3) is 0 Å². The molecule has 0 aliphatic rings. The molecule has 0 aromatic heterocycles. The largest absolute Gasteiger partial charge is 0.446 e. The molecule has 0 heterocycles. The Morgan fingerprint density at radius 2 is 1.58 bits per heavy atom. The van der Waals surface area contributed by atoms with E-state index < -0.39 is 24.0 Å². The van der Waals surface area contributed by atoms with Gasteiger partial charge < -0.3 is 10.5 Å². The van der Waals surface area contributed by atoms with Crippen molar-refractivity contribution in [2.75, 3.05) is 0 Å². The predicted octanol–water partition coefficient (Wildman–Crippen LogP) is 3.16. The summed E-state index contributed by atoms with van der Waals surface area (Å²) in [7, 11) is 0. The van der Waals surface area contributed by atoms with Crippen LogP contribution in [0.15, 0.2) is 28.7 Å². The fourth-order valence-corrected chi connectivity index (χ4v) is 3.32. The molecule has 1 aromatic rings. The standard InChI is InChI=1S/C18H27BrN2O3/c1-10(2)16(11(3)4)17(21)24-18(23)14(9-15(20)22)12-5-7-13(19)8-6-12/h5-8,10-11,14,16-17H,9,21H2,1-4H3,(H2,20,22). The van der Waals surface area contributed by atoms with E-state index in [0.717, 1.165) is 4.47 Å². The summed E-state index contributed by atoms with van der Waals surface area (Å²) in [6, 6.07) is 7.16. The molecule has 0 aliphatic heterocycles. The lowest BCUT2D eigenvalue weighted by Crippen LogP contribution is -2.41. The number of benzene rings is 1. The number of rotatable bonds is 8. The van der Waals surface area contributed by atoms with E-state index in [4.69, 9.17) is 16.2 Å². The van der Waals surface area contributed by atoms with Gasteiger partial charge in [-0.2, -0.15) is 0 Å². The van der Waals surface area contributed by atoms with E-state index in [9.17, 15) is 9.59 Å². The van der Waals surface area contributed by atoms with E-state index in [1.54, 1.807) is 12.1 Å². The van der Waals surface area contributed by atoms with Crippen molar-refractivity contribution < 1.29 is 14.3 Å². The first-order chi connectivity index (χ1) is 11.1. The molecule has 134 valence electrons. The summed E-state index contributed by atoms with van der Waals surface area (Å²) in [5.74, 6) is -1.24. The molecule has 0 saturated heterocycles. The molecular weight excluding hydrogens is 372 g/mol. The number of hydrogen-bond acceptors (Lipinski definition) is 4. The van der Waals surface area contributed by atoms with Gasteiger partial charge in [0.1, 0.15) is 0 Å². The maximum absolute atomic E-state index is 12.6. The topological polar surface area (TPSA) is 95.4 Å². The van der Waals surface area contributed by atoms with Crippen molar-refractivity contribution in [1.82, 2.24) is 0 Å². The summed E-state index contributed by atoms with van der Waals surface area (Å²) in [5, 5.41) is 0. The first-order valence-electron chi connectivity index (χ1n) is 8.13. The van der Waals surface area contributed by atoms with Crippen LogP contribution in [0.3, 0.4) is 0 Å². The van der Waals surface area contributed by atoms with Gasteiger partial charge in [0.05, 0.1) is 5.92 Å². The lowest BCUT2D eigenvalue weighted by Gasteiger charge is -2.31. The SMILES string of the molecule is CC(C)C(C(C)C)C(N)OC(=O)C(CC(N)=O)c1ccc(Br)cc1. The van der Waals surface area contributed by atoms with E-state index >= 15 is 0 Å². The van der Waals surface area contributed by atoms with Crippen LogP contribution in [0.2, 0.25) is 0 Å². The highest BCUT2D eigenvalue weighted by Gasteiger charge is 2.31. The third kappa shape index (κ3) is 5.91. The van der Waals surface area contributed by atoms with Crippen LogP contribution in [0.4, 0.5) is 0 Å². The van der Waals surface area contributed by atoms with Gasteiger partial charge in [-0.05, 0) is 29.5 Å². The van der Waals surface area contributed by atoms with Crippen LogP contribution in [-0.2, 0) is 14.3 Å². The van der Waals surface area contributed by atoms with Gasteiger partial charge in [0.15, 0.2) is 6.23 Å². The van der Waals surface area contributed by atoms with Gasteiger partial charge in [-0.15, -0.1) is 0 Å². The Morgan fingerprint density at radius 1 is 1.08 bits per heavy atom. The Hall–Kier alpha value is -1.40. The number of esters is 1. The smallest absolute Gasteiger partial charge is 0.315 e. The molecule has 0 saturated carbocycles. The fraction of sp³-hybridized carbons (Fsp3) is 0.556. The van der Waals surface area contributed by atoms with Crippen LogP contribution < -0.4 is 11.5 Å². The monoisotopic (exact) mass is 398 g/mol. The Morgan fingerprint density at radius 3 is 2.00 bits per heavy atom. The first kappa shape index (κ1) is 20.6. The zero-order valence-corrected chi connectivity index (χ0v) is 16.2. The van der Waals surface area contributed by atoms with Crippen molar-refractivity contribution in [2.24, 2.45) is 29.2 Å². The molecule has 2 unspecified atom stereocenters. The van der Waals surface area contributed by atoms with Crippen LogP contribution in [-0.4, -0.2) is 18.1 Å². The van der Waals surface area contributed by atoms with Crippen LogP contribution in [0.5, 0.6) is 0 Å². The van der Waals surface area contributed by atoms with Gasteiger partial charge in [-0.1, -0.05) is 55.8 Å². The van der Waals surface area contributed by atoms with Crippen molar-refractivity contribution in [1.29, 1.82) is 0 Å². The van der Waals surface area contributed by atoms with Gasteiger partial charge >= 0.3 is 5.97 Å². The predicted molar refractivity (Wildman–Crippen MR) is 97.9 cm³/mol. The first-order valence-corrected chi connectivity index (χ1v) is 8.92. The molecule has 1 rings (SSSR count). The third-order valence-electron chi connectivity index (χ3n) is 4.13. The van der Waals surface area contributed by atoms with E-state index in [1.165, 1.54) is 0 Å². The molecule has 24 heavy (non-hydrogen) atoms. The molecule has 5 nitrogen and oxygen atoms in total. The van der Waals surface area contributed by atoms with E-state index in [1.807, 2.05) is 39.8 Å². The molecule has 0 radical (unpaired) electrons. The second kappa shape index (κ2) is 9.18. The normalized spacial score (nSPS) is 14.0. The van der Waals surface area contributed by atoms with Crippen molar-refractivity contribution in [3.8, 4) is 0 Å². The highest BCUT2D eigenvalue weighted by atomic mass is 79.9. The van der Waals surface area contributed by atoms with Gasteiger partial charge in [0, 0.05) is 16.8 Å². The Labute approximate surface area is 152 Å². The summed E-state index contributed by atoms with van der Waals surface area (Å²) >= 11 is 3.35. The fourth-order valence-electron chi connectivity index (χ4n) is 3.06. The Balaban J connectivity index is 2.96. The molecule has 0 aliphatic carbocycles. The lowest BCUT2D eigenvalue weighted by molar-refractivity contribution is -0.156. The Kier molecular flexibility index (Phi) is 7.90. The number of hydrogen-bond donors (Lipinski definition) is 2. The number of amides is 1. The average molecular weight is 399 g/mol. The van der Waals surface area contributed by atoms with E-state index in [-0.39, 0.29) is 24.2 Å². The van der Waals surface area contributed by atoms with Crippen LogP contribution >= 0.6 is 15.9 Å². The van der Waals surface area contributed by atoms with Gasteiger partial charge in [0.2, 0.25) is 5.91 Å². The summed E-state index contributed by atoms with van der Waals surface area (Å²) in [5.41, 5.74) is 12.1. The maximum atomic E-state index is 12.6.